The van der Waals surface area contributed by atoms with Crippen molar-refractivity contribution in [1.82, 2.24) is 0 Å². The van der Waals surface area contributed by atoms with Crippen molar-refractivity contribution in [3.05, 3.63) is 76.2 Å². The van der Waals surface area contributed by atoms with Gasteiger partial charge < -0.3 is 16.2 Å². The van der Waals surface area contributed by atoms with Crippen molar-refractivity contribution in [2.24, 2.45) is 5.73 Å². The summed E-state index contributed by atoms with van der Waals surface area (Å²) in [4.78, 5) is 0. The molecule has 0 amide bonds. The topological polar surface area (TPSA) is 58.3 Å². The van der Waals surface area contributed by atoms with Gasteiger partial charge in [0.05, 0.1) is 12.6 Å². The highest BCUT2D eigenvalue weighted by Crippen LogP contribution is 2.20. The Labute approximate surface area is 131 Å². The van der Waals surface area contributed by atoms with Crippen LogP contribution in [0.15, 0.2) is 64.8 Å². The Kier molecular flexibility index (Phi) is 5.50. The molecule has 2 rings (SSSR count). The van der Waals surface area contributed by atoms with Gasteiger partial charge in [0.1, 0.15) is 5.82 Å². The van der Waals surface area contributed by atoms with Gasteiger partial charge in [-0.25, -0.2) is 4.39 Å². The van der Waals surface area contributed by atoms with E-state index >= 15 is 0 Å². The first-order valence-electron chi connectivity index (χ1n) is 6.43. The van der Waals surface area contributed by atoms with E-state index in [-0.39, 0.29) is 12.4 Å². The number of benzene rings is 2. The molecule has 2 aromatic rings. The van der Waals surface area contributed by atoms with E-state index in [1.165, 1.54) is 12.1 Å². The summed E-state index contributed by atoms with van der Waals surface area (Å²) >= 11 is 3.36. The fourth-order valence-electron chi connectivity index (χ4n) is 1.84. The zero-order valence-corrected chi connectivity index (χ0v) is 12.8. The average Bonchev–Trinajstić information content (AvgIpc) is 2.50. The lowest BCUT2D eigenvalue weighted by Crippen LogP contribution is -2.16. The summed E-state index contributed by atoms with van der Waals surface area (Å²) in [6.07, 6.45) is 1.68. The second-order valence-electron chi connectivity index (χ2n) is 4.56. The molecule has 3 nitrogen and oxygen atoms in total. The van der Waals surface area contributed by atoms with Crippen LogP contribution in [0.5, 0.6) is 0 Å². The Hall–Kier alpha value is -1.69. The molecule has 0 aliphatic heterocycles. The van der Waals surface area contributed by atoms with Crippen molar-refractivity contribution in [2.45, 2.75) is 6.04 Å². The molecule has 1 unspecified atom stereocenters. The number of nitrogens with one attached hydrogen (secondary N) is 1. The number of anilines is 1. The lowest BCUT2D eigenvalue weighted by atomic mass is 10.0. The Balaban J connectivity index is 2.12. The number of aliphatic hydroxyl groups is 1. The van der Waals surface area contributed by atoms with Gasteiger partial charge in [-0.15, -0.1) is 0 Å². The Morgan fingerprint density at radius 3 is 2.38 bits per heavy atom. The number of hydrogen-bond donors (Lipinski definition) is 3. The van der Waals surface area contributed by atoms with Crippen LogP contribution in [-0.4, -0.2) is 11.7 Å². The van der Waals surface area contributed by atoms with Gasteiger partial charge in [-0.2, -0.15) is 0 Å². The standard InChI is InChI=1S/C16H16BrFN2O/c17-13-3-7-15(8-4-13)20-9-12(10-21)16(19)11-1-5-14(18)6-2-11/h1-9,16,20-21H,10,19H2/b12-9-. The first kappa shape index (κ1) is 15.7. The zero-order chi connectivity index (χ0) is 15.2. The van der Waals surface area contributed by atoms with Crippen molar-refractivity contribution in [1.29, 1.82) is 0 Å². The molecule has 0 fully saturated rings. The molecule has 0 aromatic heterocycles. The molecule has 110 valence electrons. The molecule has 0 radical (unpaired) electrons. The van der Waals surface area contributed by atoms with E-state index in [0.717, 1.165) is 15.7 Å². The first-order valence-corrected chi connectivity index (χ1v) is 7.22. The highest BCUT2D eigenvalue weighted by molar-refractivity contribution is 9.10. The minimum Gasteiger partial charge on any atom is -0.392 e. The van der Waals surface area contributed by atoms with Crippen molar-refractivity contribution < 1.29 is 9.50 Å². The van der Waals surface area contributed by atoms with Gasteiger partial charge in [0.2, 0.25) is 0 Å². The highest BCUT2D eigenvalue weighted by Gasteiger charge is 2.11. The molecule has 21 heavy (non-hydrogen) atoms. The second-order valence-corrected chi connectivity index (χ2v) is 5.47. The summed E-state index contributed by atoms with van der Waals surface area (Å²) < 4.78 is 13.9. The molecule has 0 spiro atoms. The van der Waals surface area contributed by atoms with E-state index < -0.39 is 6.04 Å². The number of nitrogens with two attached hydrogens (primary N) is 1. The van der Waals surface area contributed by atoms with Crippen LogP contribution in [0, 0.1) is 5.82 Å². The van der Waals surface area contributed by atoms with Gasteiger partial charge >= 0.3 is 0 Å². The van der Waals surface area contributed by atoms with E-state index in [9.17, 15) is 9.50 Å². The largest absolute Gasteiger partial charge is 0.392 e. The Bertz CT molecular complexity index is 611. The van der Waals surface area contributed by atoms with E-state index in [4.69, 9.17) is 5.73 Å². The smallest absolute Gasteiger partial charge is 0.123 e. The van der Waals surface area contributed by atoms with Gasteiger partial charge in [0.25, 0.3) is 0 Å². The van der Waals surface area contributed by atoms with Crippen LogP contribution < -0.4 is 11.1 Å². The van der Waals surface area contributed by atoms with Gasteiger partial charge in [-0.3, -0.25) is 0 Å². The van der Waals surface area contributed by atoms with Crippen molar-refractivity contribution >= 4 is 21.6 Å². The van der Waals surface area contributed by atoms with Gasteiger partial charge in [0.15, 0.2) is 0 Å². The minimum atomic E-state index is -0.487. The summed E-state index contributed by atoms with van der Waals surface area (Å²) in [5.41, 5.74) is 8.33. The van der Waals surface area contributed by atoms with Gasteiger partial charge in [0, 0.05) is 16.4 Å². The highest BCUT2D eigenvalue weighted by atomic mass is 79.9. The summed E-state index contributed by atoms with van der Waals surface area (Å²) in [5, 5.41) is 12.6. The monoisotopic (exact) mass is 350 g/mol. The summed E-state index contributed by atoms with van der Waals surface area (Å²) in [6.45, 7) is -0.179. The van der Waals surface area contributed by atoms with Crippen LogP contribution in [0.3, 0.4) is 0 Å². The molecule has 0 saturated heterocycles. The van der Waals surface area contributed by atoms with Crippen molar-refractivity contribution in [3.8, 4) is 0 Å². The van der Waals surface area contributed by atoms with Gasteiger partial charge in [-0.05, 0) is 47.5 Å². The van der Waals surface area contributed by atoms with E-state index in [1.807, 2.05) is 24.3 Å². The van der Waals surface area contributed by atoms with Crippen molar-refractivity contribution in [3.63, 3.8) is 0 Å². The molecule has 0 bridgehead atoms. The van der Waals surface area contributed by atoms with Crippen LogP contribution in [0.25, 0.3) is 0 Å². The minimum absolute atomic E-state index is 0.179. The van der Waals surface area contributed by atoms with Crippen molar-refractivity contribution in [2.75, 3.05) is 11.9 Å². The maximum atomic E-state index is 12.9. The van der Waals surface area contributed by atoms with Crippen LogP contribution in [0.1, 0.15) is 11.6 Å². The summed E-state index contributed by atoms with van der Waals surface area (Å²) in [5.74, 6) is -0.312. The molecule has 4 N–H and O–H groups in total. The maximum absolute atomic E-state index is 12.9. The quantitative estimate of drug-likeness (QED) is 0.772. The lowest BCUT2D eigenvalue weighted by molar-refractivity contribution is 0.322. The summed E-state index contributed by atoms with van der Waals surface area (Å²) in [6, 6.07) is 13.1. The van der Waals surface area contributed by atoms with E-state index in [2.05, 4.69) is 21.2 Å². The zero-order valence-electron chi connectivity index (χ0n) is 11.3. The third kappa shape index (κ3) is 4.39. The fourth-order valence-corrected chi connectivity index (χ4v) is 2.10. The maximum Gasteiger partial charge on any atom is 0.123 e. The van der Waals surface area contributed by atoms with Crippen LogP contribution in [0.2, 0.25) is 0 Å². The fraction of sp³-hybridized carbons (Fsp3) is 0.125. The normalized spacial score (nSPS) is 13.0. The SMILES string of the molecule is NC(/C(=C\Nc1ccc(Br)cc1)CO)c1ccc(F)cc1. The Morgan fingerprint density at radius 2 is 1.81 bits per heavy atom. The van der Waals surface area contributed by atoms with E-state index in [1.54, 1.807) is 18.3 Å². The first-order chi connectivity index (χ1) is 10.1. The van der Waals surface area contributed by atoms with Crippen LogP contribution in [0.4, 0.5) is 10.1 Å². The molecule has 2 aromatic carbocycles. The number of aliphatic hydroxyl groups excluding tert-OH is 1. The molecule has 1 atom stereocenters. The molecular formula is C16H16BrFN2O. The number of hydrogen-bond acceptors (Lipinski definition) is 3. The molecule has 0 aliphatic rings. The second kappa shape index (κ2) is 7.36. The predicted octanol–water partition coefficient (Wildman–Crippen LogP) is 3.58. The molecule has 0 saturated carbocycles. The molecule has 5 heteroatoms. The number of halogens is 2. The van der Waals surface area contributed by atoms with Crippen LogP contribution >= 0.6 is 15.9 Å². The molecule has 0 aliphatic carbocycles. The third-order valence-electron chi connectivity index (χ3n) is 3.08. The molecule has 0 heterocycles. The number of rotatable bonds is 5. The van der Waals surface area contributed by atoms with Gasteiger partial charge in [-0.1, -0.05) is 28.1 Å². The Morgan fingerprint density at radius 1 is 1.19 bits per heavy atom. The van der Waals surface area contributed by atoms with Crippen LogP contribution in [-0.2, 0) is 0 Å². The average molecular weight is 351 g/mol. The van der Waals surface area contributed by atoms with E-state index in [0.29, 0.717) is 5.57 Å². The third-order valence-corrected chi connectivity index (χ3v) is 3.61. The lowest BCUT2D eigenvalue weighted by Gasteiger charge is -2.15. The molecular weight excluding hydrogens is 335 g/mol. The predicted molar refractivity (Wildman–Crippen MR) is 86.3 cm³/mol. The summed E-state index contributed by atoms with van der Waals surface area (Å²) in [7, 11) is 0.